The Labute approximate surface area is 119 Å². The molecule has 2 nitrogen and oxygen atoms in total. The topological polar surface area (TPSA) is 16.1 Å². The molecule has 0 bridgehead atoms. The molecule has 3 rings (SSSR count). The molecule has 0 unspecified atom stereocenters. The molecular formula is C16H19ClN2. The SMILES string of the molecule is Cc1cc(N2CCCCCC2)nc2cc(Cl)ccc12. The van der Waals surface area contributed by atoms with Crippen LogP contribution in [-0.4, -0.2) is 18.1 Å². The fourth-order valence-electron chi connectivity index (χ4n) is 2.82. The summed E-state index contributed by atoms with van der Waals surface area (Å²) in [5.41, 5.74) is 2.28. The summed E-state index contributed by atoms with van der Waals surface area (Å²) in [7, 11) is 0. The minimum Gasteiger partial charge on any atom is -0.357 e. The van der Waals surface area contributed by atoms with Crippen molar-refractivity contribution in [1.82, 2.24) is 4.98 Å². The first-order valence-corrected chi connectivity index (χ1v) is 7.44. The number of aromatic nitrogens is 1. The fourth-order valence-corrected chi connectivity index (χ4v) is 2.99. The molecule has 0 aliphatic carbocycles. The average molecular weight is 275 g/mol. The molecule has 19 heavy (non-hydrogen) atoms. The summed E-state index contributed by atoms with van der Waals surface area (Å²) in [5, 5.41) is 1.95. The summed E-state index contributed by atoms with van der Waals surface area (Å²) in [6.45, 7) is 4.40. The Morgan fingerprint density at radius 3 is 2.53 bits per heavy atom. The Balaban J connectivity index is 2.03. The number of halogens is 1. The van der Waals surface area contributed by atoms with Crippen LogP contribution in [0.5, 0.6) is 0 Å². The van der Waals surface area contributed by atoms with E-state index in [-0.39, 0.29) is 0 Å². The average Bonchev–Trinajstić information content (AvgIpc) is 2.66. The van der Waals surface area contributed by atoms with E-state index in [9.17, 15) is 0 Å². The normalized spacial score (nSPS) is 16.6. The van der Waals surface area contributed by atoms with Crippen LogP contribution in [-0.2, 0) is 0 Å². The van der Waals surface area contributed by atoms with Gasteiger partial charge < -0.3 is 4.90 Å². The van der Waals surface area contributed by atoms with Crippen LogP contribution in [0.1, 0.15) is 31.2 Å². The van der Waals surface area contributed by atoms with Gasteiger partial charge in [0.25, 0.3) is 0 Å². The fraction of sp³-hybridized carbons (Fsp3) is 0.438. The van der Waals surface area contributed by atoms with Crippen molar-refractivity contribution in [2.24, 2.45) is 0 Å². The van der Waals surface area contributed by atoms with Crippen molar-refractivity contribution in [3.8, 4) is 0 Å². The highest BCUT2D eigenvalue weighted by Crippen LogP contribution is 2.26. The molecule has 0 N–H and O–H groups in total. The van der Waals surface area contributed by atoms with E-state index in [1.807, 2.05) is 12.1 Å². The highest BCUT2D eigenvalue weighted by atomic mass is 35.5. The van der Waals surface area contributed by atoms with Crippen LogP contribution < -0.4 is 4.90 Å². The second-order valence-electron chi connectivity index (χ2n) is 5.36. The molecule has 0 radical (unpaired) electrons. The van der Waals surface area contributed by atoms with Gasteiger partial charge in [0.2, 0.25) is 0 Å². The lowest BCUT2D eigenvalue weighted by atomic mass is 10.1. The molecule has 0 amide bonds. The first-order valence-electron chi connectivity index (χ1n) is 7.06. The van der Waals surface area contributed by atoms with Crippen LogP contribution in [0, 0.1) is 6.92 Å². The minimum atomic E-state index is 0.757. The molecule has 100 valence electrons. The second kappa shape index (κ2) is 5.38. The molecule has 0 atom stereocenters. The Kier molecular flexibility index (Phi) is 3.61. The standard InChI is InChI=1S/C16H19ClN2/c1-12-10-16(19-8-4-2-3-5-9-19)18-15-11-13(17)6-7-14(12)15/h6-7,10-11H,2-5,8-9H2,1H3. The number of nitrogens with zero attached hydrogens (tertiary/aromatic N) is 2. The third-order valence-corrected chi connectivity index (χ3v) is 4.13. The van der Waals surface area contributed by atoms with Crippen molar-refractivity contribution in [3.63, 3.8) is 0 Å². The first kappa shape index (κ1) is 12.7. The van der Waals surface area contributed by atoms with Gasteiger partial charge in [-0.2, -0.15) is 0 Å². The van der Waals surface area contributed by atoms with Gasteiger partial charge in [0.15, 0.2) is 0 Å². The number of hydrogen-bond acceptors (Lipinski definition) is 2. The third-order valence-electron chi connectivity index (χ3n) is 3.90. The van der Waals surface area contributed by atoms with E-state index in [1.165, 1.54) is 36.6 Å². The van der Waals surface area contributed by atoms with Gasteiger partial charge >= 0.3 is 0 Å². The molecule has 1 aliphatic heterocycles. The van der Waals surface area contributed by atoms with Crippen molar-refractivity contribution in [2.45, 2.75) is 32.6 Å². The summed E-state index contributed by atoms with van der Waals surface area (Å²) in [5.74, 6) is 1.11. The maximum atomic E-state index is 6.08. The van der Waals surface area contributed by atoms with E-state index >= 15 is 0 Å². The van der Waals surface area contributed by atoms with E-state index in [0.29, 0.717) is 0 Å². The number of benzene rings is 1. The van der Waals surface area contributed by atoms with Crippen molar-refractivity contribution in [3.05, 3.63) is 34.9 Å². The number of pyridine rings is 1. The number of rotatable bonds is 1. The Morgan fingerprint density at radius 1 is 1.05 bits per heavy atom. The Morgan fingerprint density at radius 2 is 1.79 bits per heavy atom. The van der Waals surface area contributed by atoms with Crippen molar-refractivity contribution < 1.29 is 0 Å². The summed E-state index contributed by atoms with van der Waals surface area (Å²) in [6, 6.07) is 8.17. The zero-order chi connectivity index (χ0) is 13.2. The number of hydrogen-bond donors (Lipinski definition) is 0. The van der Waals surface area contributed by atoms with Crippen LogP contribution in [0.4, 0.5) is 5.82 Å². The highest BCUT2D eigenvalue weighted by molar-refractivity contribution is 6.31. The molecule has 0 saturated carbocycles. The molecule has 2 heterocycles. The van der Waals surface area contributed by atoms with Crippen LogP contribution in [0.25, 0.3) is 10.9 Å². The van der Waals surface area contributed by atoms with E-state index in [1.54, 1.807) is 0 Å². The predicted molar refractivity (Wildman–Crippen MR) is 82.2 cm³/mol. The number of fused-ring (bicyclic) bond motifs is 1. The Hall–Kier alpha value is -1.28. The van der Waals surface area contributed by atoms with Crippen molar-refractivity contribution in [1.29, 1.82) is 0 Å². The third kappa shape index (κ3) is 2.69. The van der Waals surface area contributed by atoms with Crippen LogP contribution in [0.3, 0.4) is 0 Å². The van der Waals surface area contributed by atoms with Crippen LogP contribution in [0.2, 0.25) is 5.02 Å². The van der Waals surface area contributed by atoms with Crippen LogP contribution >= 0.6 is 11.6 Å². The van der Waals surface area contributed by atoms with Gasteiger partial charge in [-0.05, 0) is 43.5 Å². The van der Waals surface area contributed by atoms with Crippen LogP contribution in [0.15, 0.2) is 24.3 Å². The lowest BCUT2D eigenvalue weighted by molar-refractivity contribution is 0.726. The lowest BCUT2D eigenvalue weighted by Crippen LogP contribution is -2.24. The molecule has 3 heteroatoms. The van der Waals surface area contributed by atoms with Gasteiger partial charge in [0, 0.05) is 23.5 Å². The van der Waals surface area contributed by atoms with E-state index < -0.39 is 0 Å². The Bertz CT molecular complexity index is 587. The zero-order valence-corrected chi connectivity index (χ0v) is 12.1. The van der Waals surface area contributed by atoms with E-state index in [2.05, 4.69) is 24.0 Å². The van der Waals surface area contributed by atoms with Gasteiger partial charge in [0.1, 0.15) is 5.82 Å². The van der Waals surface area contributed by atoms with Crippen molar-refractivity contribution >= 4 is 28.3 Å². The van der Waals surface area contributed by atoms with Gasteiger partial charge in [-0.25, -0.2) is 4.98 Å². The van der Waals surface area contributed by atoms with E-state index in [4.69, 9.17) is 16.6 Å². The largest absolute Gasteiger partial charge is 0.357 e. The second-order valence-corrected chi connectivity index (χ2v) is 5.80. The smallest absolute Gasteiger partial charge is 0.129 e. The molecular weight excluding hydrogens is 256 g/mol. The first-order chi connectivity index (χ1) is 9.24. The van der Waals surface area contributed by atoms with Gasteiger partial charge in [-0.15, -0.1) is 0 Å². The molecule has 1 aromatic carbocycles. The van der Waals surface area contributed by atoms with Gasteiger partial charge in [-0.3, -0.25) is 0 Å². The lowest BCUT2D eigenvalue weighted by Gasteiger charge is -2.22. The molecule has 2 aromatic rings. The molecule has 0 spiro atoms. The monoisotopic (exact) mass is 274 g/mol. The maximum Gasteiger partial charge on any atom is 0.129 e. The zero-order valence-electron chi connectivity index (χ0n) is 11.3. The quantitative estimate of drug-likeness (QED) is 0.757. The summed E-state index contributed by atoms with van der Waals surface area (Å²) in [6.07, 6.45) is 5.23. The predicted octanol–water partition coefficient (Wildman–Crippen LogP) is 4.58. The van der Waals surface area contributed by atoms with Gasteiger partial charge in [0.05, 0.1) is 5.52 Å². The summed E-state index contributed by atoms with van der Waals surface area (Å²) < 4.78 is 0. The number of anilines is 1. The van der Waals surface area contributed by atoms with Gasteiger partial charge in [-0.1, -0.05) is 30.5 Å². The highest BCUT2D eigenvalue weighted by Gasteiger charge is 2.12. The molecule has 1 aliphatic rings. The minimum absolute atomic E-state index is 0.757. The summed E-state index contributed by atoms with van der Waals surface area (Å²) >= 11 is 6.08. The number of aryl methyl sites for hydroxylation is 1. The van der Waals surface area contributed by atoms with Crippen molar-refractivity contribution in [2.75, 3.05) is 18.0 Å². The molecule has 1 saturated heterocycles. The molecule has 1 fully saturated rings. The maximum absolute atomic E-state index is 6.08. The molecule has 1 aromatic heterocycles. The summed E-state index contributed by atoms with van der Waals surface area (Å²) in [4.78, 5) is 7.22. The van der Waals surface area contributed by atoms with E-state index in [0.717, 1.165) is 29.4 Å².